The molecule has 1 aromatic rings. The summed E-state index contributed by atoms with van der Waals surface area (Å²) in [6.45, 7) is 4.66. The van der Waals surface area contributed by atoms with Crippen LogP contribution in [0.5, 0.6) is 0 Å². The smallest absolute Gasteiger partial charge is 0.246 e. The van der Waals surface area contributed by atoms with E-state index < -0.39 is 0 Å². The summed E-state index contributed by atoms with van der Waals surface area (Å²) in [5.41, 5.74) is 0. The van der Waals surface area contributed by atoms with E-state index in [1.54, 1.807) is 11.8 Å². The first-order valence-corrected chi connectivity index (χ1v) is 3.74. The van der Waals surface area contributed by atoms with Crippen molar-refractivity contribution in [3.05, 3.63) is 11.7 Å². The third-order valence-corrected chi connectivity index (χ3v) is 1.46. The van der Waals surface area contributed by atoms with Crippen molar-refractivity contribution >= 4 is 6.41 Å². The minimum Gasteiger partial charge on any atom is -0.337 e. The molecule has 1 rings (SSSR count). The summed E-state index contributed by atoms with van der Waals surface area (Å²) in [4.78, 5) is 15.9. The zero-order valence-electron chi connectivity index (χ0n) is 7.15. The molecule has 0 aliphatic heterocycles. The highest BCUT2D eigenvalue weighted by Crippen LogP contribution is 1.99. The average molecular weight is 169 g/mol. The van der Waals surface area contributed by atoms with Crippen molar-refractivity contribution in [1.29, 1.82) is 0 Å². The van der Waals surface area contributed by atoms with Gasteiger partial charge in [0.25, 0.3) is 0 Å². The number of nitrogens with zero attached hydrogens (tertiary/aromatic N) is 3. The lowest BCUT2D eigenvalue weighted by molar-refractivity contribution is -0.118. The third kappa shape index (κ3) is 2.05. The van der Waals surface area contributed by atoms with Crippen LogP contribution < -0.4 is 0 Å². The number of hydrogen-bond acceptors (Lipinski definition) is 4. The Bertz CT molecular complexity index is 259. The van der Waals surface area contributed by atoms with Crippen molar-refractivity contribution in [2.75, 3.05) is 6.54 Å². The maximum atomic E-state index is 10.4. The lowest BCUT2D eigenvalue weighted by atomic mass is 10.5. The van der Waals surface area contributed by atoms with Gasteiger partial charge in [-0.25, -0.2) is 0 Å². The van der Waals surface area contributed by atoms with Crippen molar-refractivity contribution < 1.29 is 9.32 Å². The van der Waals surface area contributed by atoms with Gasteiger partial charge in [-0.15, -0.1) is 0 Å². The number of aryl methyl sites for hydroxylation is 1. The average Bonchev–Trinajstić information content (AvgIpc) is 2.47. The van der Waals surface area contributed by atoms with Gasteiger partial charge >= 0.3 is 0 Å². The molecule has 0 saturated carbocycles. The molecule has 0 bridgehead atoms. The summed E-state index contributed by atoms with van der Waals surface area (Å²) in [6, 6.07) is 0. The standard InChI is InChI=1S/C7H11N3O2/c1-3-10(5-11)4-7-8-6(2)9-12-7/h5H,3-4H2,1-2H3. The molecule has 0 atom stereocenters. The van der Waals surface area contributed by atoms with Crippen LogP contribution in [0.2, 0.25) is 0 Å². The summed E-state index contributed by atoms with van der Waals surface area (Å²) in [6.07, 6.45) is 0.763. The number of carbonyl (C=O) groups excluding carboxylic acids is 1. The first kappa shape index (κ1) is 8.70. The predicted molar refractivity (Wildman–Crippen MR) is 41.2 cm³/mol. The first-order chi connectivity index (χ1) is 5.76. The van der Waals surface area contributed by atoms with Gasteiger partial charge in [-0.3, -0.25) is 4.79 Å². The summed E-state index contributed by atoms with van der Waals surface area (Å²) < 4.78 is 4.84. The number of amides is 1. The number of carbonyl (C=O) groups is 1. The zero-order chi connectivity index (χ0) is 8.97. The number of aromatic nitrogens is 2. The Hall–Kier alpha value is -1.39. The molecule has 1 amide bonds. The van der Waals surface area contributed by atoms with E-state index in [9.17, 15) is 4.79 Å². The zero-order valence-corrected chi connectivity index (χ0v) is 7.15. The van der Waals surface area contributed by atoms with Crippen molar-refractivity contribution in [2.24, 2.45) is 0 Å². The fourth-order valence-electron chi connectivity index (χ4n) is 0.802. The van der Waals surface area contributed by atoms with Crippen LogP contribution in [-0.2, 0) is 11.3 Å². The summed E-state index contributed by atoms with van der Waals surface area (Å²) in [5.74, 6) is 1.06. The molecule has 1 heterocycles. The predicted octanol–water partition coefficient (Wildman–Crippen LogP) is 0.356. The Morgan fingerprint density at radius 1 is 1.67 bits per heavy atom. The van der Waals surface area contributed by atoms with Gasteiger partial charge in [0.05, 0.1) is 6.54 Å². The van der Waals surface area contributed by atoms with E-state index in [0.717, 1.165) is 6.41 Å². The molecule has 5 nitrogen and oxygen atoms in total. The van der Waals surface area contributed by atoms with Crippen LogP contribution in [0, 0.1) is 6.92 Å². The Morgan fingerprint density at radius 3 is 2.83 bits per heavy atom. The molecule has 0 aliphatic carbocycles. The number of hydrogen-bond donors (Lipinski definition) is 0. The van der Waals surface area contributed by atoms with Crippen molar-refractivity contribution in [1.82, 2.24) is 15.0 Å². The fourth-order valence-corrected chi connectivity index (χ4v) is 0.802. The Balaban J connectivity index is 2.56. The quantitative estimate of drug-likeness (QED) is 0.610. The molecule has 12 heavy (non-hydrogen) atoms. The third-order valence-electron chi connectivity index (χ3n) is 1.46. The van der Waals surface area contributed by atoms with E-state index in [4.69, 9.17) is 4.52 Å². The topological polar surface area (TPSA) is 59.2 Å². The summed E-state index contributed by atoms with van der Waals surface area (Å²) >= 11 is 0. The molecular formula is C7H11N3O2. The van der Waals surface area contributed by atoms with Crippen molar-refractivity contribution in [3.63, 3.8) is 0 Å². The van der Waals surface area contributed by atoms with Gasteiger partial charge in [-0.05, 0) is 13.8 Å². The van der Waals surface area contributed by atoms with Crippen LogP contribution in [0.15, 0.2) is 4.52 Å². The lowest BCUT2D eigenvalue weighted by Crippen LogP contribution is -2.20. The second-order valence-electron chi connectivity index (χ2n) is 2.40. The molecule has 0 unspecified atom stereocenters. The van der Waals surface area contributed by atoms with E-state index in [2.05, 4.69) is 10.1 Å². The van der Waals surface area contributed by atoms with E-state index in [1.165, 1.54) is 0 Å². The molecule has 0 saturated heterocycles. The lowest BCUT2D eigenvalue weighted by Gasteiger charge is -2.10. The minimum absolute atomic E-state index is 0.390. The summed E-state index contributed by atoms with van der Waals surface area (Å²) in [7, 11) is 0. The van der Waals surface area contributed by atoms with Crippen LogP contribution in [0.3, 0.4) is 0 Å². The highest BCUT2D eigenvalue weighted by atomic mass is 16.5. The maximum Gasteiger partial charge on any atom is 0.246 e. The molecular weight excluding hydrogens is 158 g/mol. The van der Waals surface area contributed by atoms with E-state index in [-0.39, 0.29) is 0 Å². The highest BCUT2D eigenvalue weighted by Gasteiger charge is 2.06. The van der Waals surface area contributed by atoms with Gasteiger partial charge in [-0.2, -0.15) is 4.98 Å². The fraction of sp³-hybridized carbons (Fsp3) is 0.571. The minimum atomic E-state index is 0.390. The molecule has 0 fully saturated rings. The molecule has 0 aliphatic rings. The van der Waals surface area contributed by atoms with Crippen LogP contribution >= 0.6 is 0 Å². The van der Waals surface area contributed by atoms with Crippen LogP contribution in [0.25, 0.3) is 0 Å². The van der Waals surface area contributed by atoms with E-state index in [0.29, 0.717) is 24.8 Å². The van der Waals surface area contributed by atoms with Crippen LogP contribution in [-0.4, -0.2) is 28.0 Å². The Morgan fingerprint density at radius 2 is 2.42 bits per heavy atom. The molecule has 66 valence electrons. The molecule has 0 N–H and O–H groups in total. The molecule has 1 aromatic heterocycles. The van der Waals surface area contributed by atoms with Crippen LogP contribution in [0.4, 0.5) is 0 Å². The van der Waals surface area contributed by atoms with Gasteiger partial charge in [0, 0.05) is 6.54 Å². The SMILES string of the molecule is CCN(C=O)Cc1nc(C)no1. The summed E-state index contributed by atoms with van der Waals surface area (Å²) in [5, 5.41) is 3.61. The van der Waals surface area contributed by atoms with Gasteiger partial charge in [0.1, 0.15) is 0 Å². The van der Waals surface area contributed by atoms with Gasteiger partial charge in [-0.1, -0.05) is 5.16 Å². The second kappa shape index (κ2) is 3.85. The van der Waals surface area contributed by atoms with Gasteiger partial charge in [0.2, 0.25) is 12.3 Å². The monoisotopic (exact) mass is 169 g/mol. The van der Waals surface area contributed by atoms with Gasteiger partial charge < -0.3 is 9.42 Å². The number of rotatable bonds is 4. The van der Waals surface area contributed by atoms with E-state index in [1.807, 2.05) is 6.92 Å². The van der Waals surface area contributed by atoms with Crippen molar-refractivity contribution in [3.8, 4) is 0 Å². The largest absolute Gasteiger partial charge is 0.337 e. The Labute approximate surface area is 70.4 Å². The molecule has 5 heteroatoms. The second-order valence-corrected chi connectivity index (χ2v) is 2.40. The first-order valence-electron chi connectivity index (χ1n) is 3.74. The Kier molecular flexibility index (Phi) is 2.79. The van der Waals surface area contributed by atoms with E-state index >= 15 is 0 Å². The molecule has 0 aromatic carbocycles. The normalized spacial score (nSPS) is 9.83. The highest BCUT2D eigenvalue weighted by molar-refractivity contribution is 5.46. The molecule has 0 spiro atoms. The molecule has 0 radical (unpaired) electrons. The van der Waals surface area contributed by atoms with Crippen LogP contribution in [0.1, 0.15) is 18.6 Å². The maximum absolute atomic E-state index is 10.4. The van der Waals surface area contributed by atoms with Gasteiger partial charge in [0.15, 0.2) is 5.82 Å². The van der Waals surface area contributed by atoms with Crippen molar-refractivity contribution in [2.45, 2.75) is 20.4 Å².